The van der Waals surface area contributed by atoms with Crippen LogP contribution in [0.25, 0.3) is 16.8 Å². The van der Waals surface area contributed by atoms with Crippen LogP contribution in [0, 0.1) is 0 Å². The Morgan fingerprint density at radius 2 is 1.39 bits per heavy atom. The molecule has 23 heavy (non-hydrogen) atoms. The van der Waals surface area contributed by atoms with Crippen molar-refractivity contribution >= 4 is 19.2 Å². The Labute approximate surface area is 137 Å². The third-order valence-electron chi connectivity index (χ3n) is 4.44. The molecule has 4 rings (SSSR count). The Kier molecular flexibility index (Phi) is 2.97. The average molecular weight is 317 g/mol. The first-order chi connectivity index (χ1) is 11.0. The number of nitrogens with zero attached hydrogens (tertiary/aromatic N) is 1. The predicted octanol–water partition coefficient (Wildman–Crippen LogP) is 4.23. The van der Waals surface area contributed by atoms with Crippen molar-refractivity contribution in [1.29, 1.82) is 0 Å². The van der Waals surface area contributed by atoms with Gasteiger partial charge in [0.1, 0.15) is 0 Å². The van der Waals surface area contributed by atoms with Crippen LogP contribution in [0.4, 0.5) is 0 Å². The average Bonchev–Trinajstić information content (AvgIpc) is 3.06. The Balaban J connectivity index is 2.08. The fraction of sp³-hybridized carbons (Fsp3) is 0.150. The lowest BCUT2D eigenvalue weighted by Gasteiger charge is -2.22. The van der Waals surface area contributed by atoms with Crippen molar-refractivity contribution in [2.24, 2.45) is 0 Å². The van der Waals surface area contributed by atoms with E-state index in [2.05, 4.69) is 42.4 Å². The fourth-order valence-electron chi connectivity index (χ4n) is 3.52. The summed E-state index contributed by atoms with van der Waals surface area (Å²) < 4.78 is 2.24. The highest BCUT2D eigenvalue weighted by molar-refractivity contribution is 6.89. The van der Waals surface area contributed by atoms with Crippen molar-refractivity contribution in [1.82, 2.24) is 4.57 Å². The van der Waals surface area contributed by atoms with Gasteiger partial charge in [-0.05, 0) is 17.7 Å². The smallest absolute Gasteiger partial charge is 0.195 e. The number of hydrogen-bond donors (Lipinski definition) is 0. The first-order valence-electron chi connectivity index (χ1n) is 7.94. The Morgan fingerprint density at radius 1 is 0.783 bits per heavy atom. The second-order valence-corrected chi connectivity index (χ2v) is 12.1. The third kappa shape index (κ3) is 2.04. The van der Waals surface area contributed by atoms with Crippen LogP contribution in [0.3, 0.4) is 0 Å². The lowest BCUT2D eigenvalue weighted by molar-refractivity contribution is 0.104. The number of benzene rings is 2. The largest absolute Gasteiger partial charge is 0.324 e. The van der Waals surface area contributed by atoms with Gasteiger partial charge < -0.3 is 4.57 Å². The van der Waals surface area contributed by atoms with Gasteiger partial charge in [-0.25, -0.2) is 0 Å². The van der Waals surface area contributed by atoms with Gasteiger partial charge in [0.15, 0.2) is 5.78 Å². The Bertz CT molecular complexity index is 917. The first-order valence-corrected chi connectivity index (χ1v) is 11.4. The van der Waals surface area contributed by atoms with E-state index >= 15 is 0 Å². The molecule has 0 aliphatic heterocycles. The van der Waals surface area contributed by atoms with E-state index in [1.165, 1.54) is 5.32 Å². The monoisotopic (exact) mass is 317 g/mol. The second kappa shape index (κ2) is 4.80. The molecule has 0 saturated carbocycles. The van der Waals surface area contributed by atoms with Crippen LogP contribution in [-0.2, 0) is 0 Å². The molecule has 0 amide bonds. The molecule has 1 aliphatic rings. The Hall–Kier alpha value is -2.39. The highest BCUT2D eigenvalue weighted by Gasteiger charge is 2.36. The van der Waals surface area contributed by atoms with Gasteiger partial charge in [-0.2, -0.15) is 0 Å². The minimum absolute atomic E-state index is 0.157. The topological polar surface area (TPSA) is 22.0 Å². The van der Waals surface area contributed by atoms with Crippen molar-refractivity contribution in [3.63, 3.8) is 0 Å². The number of rotatable bonds is 2. The minimum atomic E-state index is -1.65. The summed E-state index contributed by atoms with van der Waals surface area (Å²) in [7, 11) is -1.65. The Morgan fingerprint density at radius 3 is 2.04 bits per heavy atom. The van der Waals surface area contributed by atoms with Crippen molar-refractivity contribution in [3.8, 4) is 16.8 Å². The molecule has 0 spiro atoms. The molecular weight excluding hydrogens is 298 g/mol. The molecule has 0 bridgehead atoms. The van der Waals surface area contributed by atoms with Gasteiger partial charge in [-0.1, -0.05) is 62.1 Å². The third-order valence-corrected chi connectivity index (χ3v) is 6.35. The van der Waals surface area contributed by atoms with Crippen LogP contribution in [0.1, 0.15) is 15.9 Å². The summed E-state index contributed by atoms with van der Waals surface area (Å²) in [6.45, 7) is 7.02. The summed E-state index contributed by atoms with van der Waals surface area (Å²) in [6.07, 6.45) is 2.04. The van der Waals surface area contributed by atoms with E-state index in [1.807, 2.05) is 42.6 Å². The molecule has 0 fully saturated rings. The van der Waals surface area contributed by atoms with Crippen molar-refractivity contribution in [3.05, 3.63) is 71.9 Å². The number of aromatic nitrogens is 1. The van der Waals surface area contributed by atoms with E-state index in [4.69, 9.17) is 0 Å². The van der Waals surface area contributed by atoms with E-state index in [0.717, 1.165) is 27.9 Å². The highest BCUT2D eigenvalue weighted by atomic mass is 28.3. The van der Waals surface area contributed by atoms with Gasteiger partial charge in [-0.3, -0.25) is 4.79 Å². The highest BCUT2D eigenvalue weighted by Crippen LogP contribution is 2.38. The first kappa shape index (κ1) is 14.2. The molecule has 0 radical (unpaired) electrons. The molecule has 0 saturated heterocycles. The second-order valence-electron chi connectivity index (χ2n) is 7.10. The zero-order valence-corrected chi connectivity index (χ0v) is 14.6. The van der Waals surface area contributed by atoms with Crippen LogP contribution in [0.15, 0.2) is 60.8 Å². The molecule has 0 unspecified atom stereocenters. The molecule has 3 heteroatoms. The van der Waals surface area contributed by atoms with Gasteiger partial charge in [0.25, 0.3) is 0 Å². The van der Waals surface area contributed by atoms with E-state index in [0.29, 0.717) is 0 Å². The summed E-state index contributed by atoms with van der Waals surface area (Å²) in [4.78, 5) is 12.8. The fourth-order valence-corrected chi connectivity index (χ4v) is 5.46. The van der Waals surface area contributed by atoms with Crippen molar-refractivity contribution in [2.75, 3.05) is 0 Å². The van der Waals surface area contributed by atoms with Gasteiger partial charge >= 0.3 is 0 Å². The zero-order chi connectivity index (χ0) is 16.2. The van der Waals surface area contributed by atoms with Crippen LogP contribution in [0.5, 0.6) is 0 Å². The molecular formula is C20H19NOSi. The van der Waals surface area contributed by atoms with Crippen molar-refractivity contribution < 1.29 is 4.79 Å². The van der Waals surface area contributed by atoms with Gasteiger partial charge in [-0.15, -0.1) is 0 Å². The predicted molar refractivity (Wildman–Crippen MR) is 97.6 cm³/mol. The number of ketones is 1. The van der Waals surface area contributed by atoms with Crippen LogP contribution in [0.2, 0.25) is 19.6 Å². The van der Waals surface area contributed by atoms with E-state index in [-0.39, 0.29) is 5.78 Å². The molecule has 2 aromatic carbocycles. The lowest BCUT2D eigenvalue weighted by atomic mass is 10.1. The molecule has 114 valence electrons. The summed E-state index contributed by atoms with van der Waals surface area (Å²) in [5.41, 5.74) is 5.09. The molecule has 0 atom stereocenters. The van der Waals surface area contributed by atoms with Gasteiger partial charge in [0, 0.05) is 33.9 Å². The molecule has 1 aromatic heterocycles. The summed E-state index contributed by atoms with van der Waals surface area (Å²) in [6, 6.07) is 18.3. The van der Waals surface area contributed by atoms with E-state index in [9.17, 15) is 4.79 Å². The summed E-state index contributed by atoms with van der Waals surface area (Å²) in [5.74, 6) is 0.157. The van der Waals surface area contributed by atoms with Crippen LogP contribution >= 0.6 is 0 Å². The minimum Gasteiger partial charge on any atom is -0.324 e. The molecule has 2 nitrogen and oxygen atoms in total. The number of carbonyl (C=O) groups excluding carboxylic acids is 1. The molecule has 0 N–H and O–H groups in total. The lowest BCUT2D eigenvalue weighted by Crippen LogP contribution is -2.43. The molecule has 1 heterocycles. The number of fused-ring (bicyclic) bond motifs is 3. The summed E-state index contributed by atoms with van der Waals surface area (Å²) in [5, 5.41) is 1.33. The maximum atomic E-state index is 12.8. The van der Waals surface area contributed by atoms with Crippen LogP contribution < -0.4 is 5.32 Å². The molecule has 3 aromatic rings. The van der Waals surface area contributed by atoms with Crippen molar-refractivity contribution in [2.45, 2.75) is 19.6 Å². The normalized spacial score (nSPS) is 13.1. The van der Waals surface area contributed by atoms with E-state index in [1.54, 1.807) is 0 Å². The maximum absolute atomic E-state index is 12.8. The standard InChI is InChI=1S/C20H19NOSi/c1-23(2,3)20-18-15-11-7-8-12-16(15)19(22)17(18)13-21(20)14-9-5-4-6-10-14/h4-13H,1-3H3. The number of carbonyl (C=O) groups is 1. The SMILES string of the molecule is C[Si](C)(C)c1c2c(cn1-c1ccccc1)C(=O)c1ccccc1-2. The van der Waals surface area contributed by atoms with Gasteiger partial charge in [0.2, 0.25) is 0 Å². The number of hydrogen-bond acceptors (Lipinski definition) is 1. The molecule has 1 aliphatic carbocycles. The van der Waals surface area contributed by atoms with Gasteiger partial charge in [0.05, 0.1) is 8.07 Å². The number of para-hydroxylation sites is 1. The maximum Gasteiger partial charge on any atom is 0.195 e. The zero-order valence-electron chi connectivity index (χ0n) is 13.6. The van der Waals surface area contributed by atoms with Crippen LogP contribution in [-0.4, -0.2) is 18.4 Å². The summed E-state index contributed by atoms with van der Waals surface area (Å²) >= 11 is 0. The van der Waals surface area contributed by atoms with E-state index < -0.39 is 8.07 Å². The quantitative estimate of drug-likeness (QED) is 0.507.